The second-order valence-electron chi connectivity index (χ2n) is 4.14. The molecule has 4 nitrogen and oxygen atoms in total. The molecule has 1 unspecified atom stereocenters. The van der Waals surface area contributed by atoms with Gasteiger partial charge in [-0.25, -0.2) is 0 Å². The molecule has 1 saturated carbocycles. The summed E-state index contributed by atoms with van der Waals surface area (Å²) in [7, 11) is 0. The van der Waals surface area contributed by atoms with Gasteiger partial charge in [-0.05, 0) is 31.9 Å². The SMILES string of the molecule is CC(N)CCSCc1nc(C2CC2)no1. The highest BCUT2D eigenvalue weighted by atomic mass is 32.2. The van der Waals surface area contributed by atoms with E-state index in [-0.39, 0.29) is 6.04 Å². The lowest BCUT2D eigenvalue weighted by atomic mass is 10.3. The molecule has 0 bridgehead atoms. The molecule has 1 atom stereocenters. The Morgan fingerprint density at radius 3 is 3.07 bits per heavy atom. The van der Waals surface area contributed by atoms with Crippen LogP contribution in [0.1, 0.15) is 43.8 Å². The van der Waals surface area contributed by atoms with Crippen LogP contribution in [0.25, 0.3) is 0 Å². The Morgan fingerprint density at radius 1 is 1.60 bits per heavy atom. The molecule has 1 aromatic rings. The van der Waals surface area contributed by atoms with E-state index in [1.54, 1.807) is 11.8 Å². The minimum atomic E-state index is 0.280. The van der Waals surface area contributed by atoms with Gasteiger partial charge >= 0.3 is 0 Å². The van der Waals surface area contributed by atoms with Crippen LogP contribution >= 0.6 is 11.8 Å². The van der Waals surface area contributed by atoms with Crippen LogP contribution in [0.15, 0.2) is 4.52 Å². The highest BCUT2D eigenvalue weighted by Crippen LogP contribution is 2.38. The molecule has 2 rings (SSSR count). The first-order chi connectivity index (χ1) is 7.25. The first kappa shape index (κ1) is 11.0. The van der Waals surface area contributed by atoms with Crippen molar-refractivity contribution in [2.75, 3.05) is 5.75 Å². The minimum Gasteiger partial charge on any atom is -0.338 e. The Balaban J connectivity index is 1.69. The molecule has 1 aliphatic rings. The van der Waals surface area contributed by atoms with Crippen LogP contribution in [0.3, 0.4) is 0 Å². The summed E-state index contributed by atoms with van der Waals surface area (Å²) in [6.07, 6.45) is 3.47. The summed E-state index contributed by atoms with van der Waals surface area (Å²) in [5.74, 6) is 4.10. The van der Waals surface area contributed by atoms with E-state index in [4.69, 9.17) is 10.3 Å². The van der Waals surface area contributed by atoms with Gasteiger partial charge in [0, 0.05) is 12.0 Å². The number of hydrogen-bond acceptors (Lipinski definition) is 5. The quantitative estimate of drug-likeness (QED) is 0.752. The smallest absolute Gasteiger partial charge is 0.236 e. The van der Waals surface area contributed by atoms with Gasteiger partial charge in [0.15, 0.2) is 5.82 Å². The van der Waals surface area contributed by atoms with E-state index in [1.165, 1.54) is 12.8 Å². The maximum atomic E-state index is 5.66. The van der Waals surface area contributed by atoms with Crippen molar-refractivity contribution < 1.29 is 4.52 Å². The summed E-state index contributed by atoms with van der Waals surface area (Å²) in [5.41, 5.74) is 5.66. The van der Waals surface area contributed by atoms with E-state index in [1.807, 2.05) is 6.92 Å². The molecule has 1 fully saturated rings. The standard InChI is InChI=1S/C10H17N3OS/c1-7(11)4-5-15-6-9-12-10(13-14-9)8-2-3-8/h7-8H,2-6,11H2,1H3. The lowest BCUT2D eigenvalue weighted by molar-refractivity contribution is 0.385. The van der Waals surface area contributed by atoms with Crippen molar-refractivity contribution >= 4 is 11.8 Å². The maximum Gasteiger partial charge on any atom is 0.236 e. The Hall–Kier alpha value is -0.550. The van der Waals surface area contributed by atoms with Crippen LogP contribution in [0.4, 0.5) is 0 Å². The summed E-state index contributed by atoms with van der Waals surface area (Å²) < 4.78 is 5.16. The van der Waals surface area contributed by atoms with E-state index in [0.29, 0.717) is 5.92 Å². The third-order valence-corrected chi connectivity index (χ3v) is 3.34. The van der Waals surface area contributed by atoms with Gasteiger partial charge in [-0.15, -0.1) is 0 Å². The number of nitrogens with zero attached hydrogens (tertiary/aromatic N) is 2. The molecule has 0 spiro atoms. The van der Waals surface area contributed by atoms with E-state index in [2.05, 4.69) is 10.1 Å². The topological polar surface area (TPSA) is 64.9 Å². The molecule has 1 heterocycles. The molecule has 0 amide bonds. The second kappa shape index (κ2) is 4.99. The number of rotatable bonds is 6. The molecular weight excluding hydrogens is 210 g/mol. The van der Waals surface area contributed by atoms with Crippen molar-refractivity contribution in [1.82, 2.24) is 10.1 Å². The van der Waals surface area contributed by atoms with Crippen molar-refractivity contribution in [3.8, 4) is 0 Å². The first-order valence-electron chi connectivity index (χ1n) is 5.41. The third-order valence-electron chi connectivity index (χ3n) is 2.37. The monoisotopic (exact) mass is 227 g/mol. The fourth-order valence-corrected chi connectivity index (χ4v) is 2.24. The molecule has 84 valence electrons. The second-order valence-corrected chi connectivity index (χ2v) is 5.24. The molecule has 0 saturated heterocycles. The van der Waals surface area contributed by atoms with Gasteiger partial charge < -0.3 is 10.3 Å². The van der Waals surface area contributed by atoms with Crippen molar-refractivity contribution in [2.45, 2.75) is 43.9 Å². The van der Waals surface area contributed by atoms with Crippen LogP contribution in [0.5, 0.6) is 0 Å². The minimum absolute atomic E-state index is 0.280. The van der Waals surface area contributed by atoms with E-state index >= 15 is 0 Å². The van der Waals surface area contributed by atoms with Crippen molar-refractivity contribution in [3.05, 3.63) is 11.7 Å². The number of hydrogen-bond donors (Lipinski definition) is 1. The summed E-state index contributed by atoms with van der Waals surface area (Å²) in [6.45, 7) is 2.03. The zero-order valence-electron chi connectivity index (χ0n) is 8.98. The predicted octanol–water partition coefficient (Wildman–Crippen LogP) is 1.92. The van der Waals surface area contributed by atoms with Crippen molar-refractivity contribution in [3.63, 3.8) is 0 Å². The third kappa shape index (κ3) is 3.50. The van der Waals surface area contributed by atoms with Crippen LogP contribution in [-0.4, -0.2) is 21.9 Å². The van der Waals surface area contributed by atoms with Gasteiger partial charge in [-0.1, -0.05) is 5.16 Å². The molecule has 0 aromatic carbocycles. The van der Waals surface area contributed by atoms with Crippen LogP contribution < -0.4 is 5.73 Å². The van der Waals surface area contributed by atoms with Crippen LogP contribution in [0, 0.1) is 0 Å². The maximum absolute atomic E-state index is 5.66. The van der Waals surface area contributed by atoms with Gasteiger partial charge in [-0.3, -0.25) is 0 Å². The zero-order chi connectivity index (χ0) is 10.7. The highest BCUT2D eigenvalue weighted by Gasteiger charge is 2.28. The fourth-order valence-electron chi connectivity index (χ4n) is 1.26. The molecule has 5 heteroatoms. The van der Waals surface area contributed by atoms with Gasteiger partial charge in [-0.2, -0.15) is 16.7 Å². The van der Waals surface area contributed by atoms with Gasteiger partial charge in [0.2, 0.25) is 5.89 Å². The van der Waals surface area contributed by atoms with Gasteiger partial charge in [0.25, 0.3) is 0 Å². The Bertz CT molecular complexity index is 309. The number of nitrogens with two attached hydrogens (primary N) is 1. The molecule has 15 heavy (non-hydrogen) atoms. The van der Waals surface area contributed by atoms with E-state index in [0.717, 1.165) is 29.6 Å². The lowest BCUT2D eigenvalue weighted by Crippen LogP contribution is -2.15. The predicted molar refractivity (Wildman–Crippen MR) is 60.7 cm³/mol. The highest BCUT2D eigenvalue weighted by molar-refractivity contribution is 7.98. The van der Waals surface area contributed by atoms with E-state index in [9.17, 15) is 0 Å². The van der Waals surface area contributed by atoms with E-state index < -0.39 is 0 Å². The van der Waals surface area contributed by atoms with Crippen LogP contribution in [-0.2, 0) is 5.75 Å². The Kier molecular flexibility index (Phi) is 3.64. The van der Waals surface area contributed by atoms with Gasteiger partial charge in [0.05, 0.1) is 5.75 Å². The number of aromatic nitrogens is 2. The number of thioether (sulfide) groups is 1. The lowest BCUT2D eigenvalue weighted by Gasteiger charge is -2.01. The van der Waals surface area contributed by atoms with Crippen molar-refractivity contribution in [2.24, 2.45) is 5.73 Å². The van der Waals surface area contributed by atoms with Gasteiger partial charge in [0.1, 0.15) is 0 Å². The average Bonchev–Trinajstić information content (AvgIpc) is 2.94. The molecule has 1 aliphatic carbocycles. The summed E-state index contributed by atoms with van der Waals surface area (Å²) in [6, 6.07) is 0.280. The summed E-state index contributed by atoms with van der Waals surface area (Å²) in [4.78, 5) is 4.36. The summed E-state index contributed by atoms with van der Waals surface area (Å²) >= 11 is 1.80. The Labute approximate surface area is 94.0 Å². The van der Waals surface area contributed by atoms with Crippen molar-refractivity contribution in [1.29, 1.82) is 0 Å². The molecule has 1 aromatic heterocycles. The average molecular weight is 227 g/mol. The fraction of sp³-hybridized carbons (Fsp3) is 0.800. The molecule has 0 radical (unpaired) electrons. The molecule has 2 N–H and O–H groups in total. The molecule has 0 aliphatic heterocycles. The normalized spacial score (nSPS) is 18.0. The zero-order valence-corrected chi connectivity index (χ0v) is 9.80. The summed E-state index contributed by atoms with van der Waals surface area (Å²) in [5, 5.41) is 3.97. The molecular formula is C10H17N3OS. The largest absolute Gasteiger partial charge is 0.338 e. The first-order valence-corrected chi connectivity index (χ1v) is 6.57. The van der Waals surface area contributed by atoms with Crippen LogP contribution in [0.2, 0.25) is 0 Å². The Morgan fingerprint density at radius 2 is 2.40 bits per heavy atom.